The van der Waals surface area contributed by atoms with Gasteiger partial charge in [0.15, 0.2) is 0 Å². The first-order chi connectivity index (χ1) is 41.9. The number of unbranched alkanes of at least 4 members (excludes halogenated alkanes) is 1. The molecule has 28 heteroatoms. The maximum atomic E-state index is 14.9. The second-order valence-corrected chi connectivity index (χ2v) is 26.5. The van der Waals surface area contributed by atoms with Crippen molar-refractivity contribution in [2.75, 3.05) is 69.0 Å². The van der Waals surface area contributed by atoms with Crippen molar-refractivity contribution in [1.29, 1.82) is 0 Å². The van der Waals surface area contributed by atoms with Gasteiger partial charge in [-0.25, -0.2) is 13.2 Å². The van der Waals surface area contributed by atoms with E-state index in [4.69, 9.17) is 0 Å². The summed E-state index contributed by atoms with van der Waals surface area (Å²) >= 11 is 0. The van der Waals surface area contributed by atoms with Gasteiger partial charge < -0.3 is 55.6 Å². The van der Waals surface area contributed by atoms with Crippen LogP contribution in [0.2, 0.25) is 0 Å². The lowest BCUT2D eigenvalue weighted by atomic mass is 9.95. The molecule has 1 fully saturated rings. The quantitative estimate of drug-likeness (QED) is 0.123. The molecule has 1 aromatic rings. The van der Waals surface area contributed by atoms with Gasteiger partial charge in [0.1, 0.15) is 47.6 Å². The highest BCUT2D eigenvalue weighted by molar-refractivity contribution is 5.98. The Hall–Kier alpha value is -7.03. The monoisotopic (exact) mass is 1300 g/mol. The van der Waals surface area contributed by atoms with E-state index in [2.05, 4.69) is 21.3 Å². The molecule has 91 heavy (non-hydrogen) atoms. The third-order valence-electron chi connectivity index (χ3n) is 15.9. The molecule has 0 unspecified atom stereocenters. The number of hydrogen-bond acceptors (Lipinski definition) is 11. The molecule has 0 aromatic heterocycles. The van der Waals surface area contributed by atoms with Crippen molar-refractivity contribution < 1.29 is 79.1 Å². The molecule has 1 aliphatic rings. The zero-order valence-electron chi connectivity index (χ0n) is 56.4. The topological polar surface area (TPSA) is 259 Å². The van der Waals surface area contributed by atoms with Crippen molar-refractivity contribution in [3.05, 3.63) is 35.1 Å². The third-order valence-corrected chi connectivity index (χ3v) is 15.9. The fraction of sp³-hybridized carbons (Fsp3) is 0.730. The molecule has 516 valence electrons. The van der Waals surface area contributed by atoms with Crippen LogP contribution in [0.4, 0.5) is 26.3 Å². The molecular formula is C63H101F6N11O11. The number of carbonyl (C=O) groups excluding carboxylic acids is 11. The lowest BCUT2D eigenvalue weighted by Crippen LogP contribution is -2.63. The average Bonchev–Trinajstić information content (AvgIpc) is 1.06. The Kier molecular flexibility index (Phi) is 31.4. The van der Waals surface area contributed by atoms with E-state index in [0.29, 0.717) is 12.1 Å². The summed E-state index contributed by atoms with van der Waals surface area (Å²) in [6, 6.07) is -6.60. The fourth-order valence-electron chi connectivity index (χ4n) is 10.7. The molecule has 1 saturated heterocycles. The molecule has 4 N–H and O–H groups in total. The van der Waals surface area contributed by atoms with Gasteiger partial charge in [-0.15, -0.1) is 0 Å². The SMILES string of the molecule is CC(C)C[C@@H]1NC(=O)[C@H](CC(C)C)N(C)C(=O)C[C@@H](C)NC(=O)[C@H](CC(C)C)N(C)C(=O)C(C)(C)NC(=O)[C@H](CC(C)C)N(C)C(=O)[C@H](CCc2ccc(C(F)(F)F)c(F)c2)NC(=O)CN(C)C(=O)[C@H](CCCCC(F)F)N(C)C(=O)CN(C)C(=O)CN(C)C1=O. The highest BCUT2D eigenvalue weighted by Gasteiger charge is 2.43. The molecule has 11 amide bonds. The van der Waals surface area contributed by atoms with Crippen LogP contribution in [0.15, 0.2) is 18.2 Å². The lowest BCUT2D eigenvalue weighted by molar-refractivity contribution is -0.149. The maximum absolute atomic E-state index is 14.9. The summed E-state index contributed by atoms with van der Waals surface area (Å²) in [5, 5.41) is 10.9. The minimum atomic E-state index is -5.03. The second-order valence-electron chi connectivity index (χ2n) is 26.5. The van der Waals surface area contributed by atoms with E-state index < -0.39 is 169 Å². The Morgan fingerprint density at radius 1 is 0.538 bits per heavy atom. The van der Waals surface area contributed by atoms with Gasteiger partial charge in [0.2, 0.25) is 71.4 Å². The van der Waals surface area contributed by atoms with Crippen LogP contribution in [-0.2, 0) is 65.3 Å². The lowest BCUT2D eigenvalue weighted by Gasteiger charge is -2.38. The molecule has 1 aromatic carbocycles. The van der Waals surface area contributed by atoms with Crippen LogP contribution in [0.3, 0.4) is 0 Å². The summed E-state index contributed by atoms with van der Waals surface area (Å²) in [5.74, 6) is -10.8. The summed E-state index contributed by atoms with van der Waals surface area (Å²) in [4.78, 5) is 165. The number of halogens is 6. The minimum Gasteiger partial charge on any atom is -0.351 e. The summed E-state index contributed by atoms with van der Waals surface area (Å²) in [7, 11) is 9.08. The number of carbonyl (C=O) groups is 11. The van der Waals surface area contributed by atoms with Crippen molar-refractivity contribution >= 4 is 65.0 Å². The largest absolute Gasteiger partial charge is 0.419 e. The fourth-order valence-corrected chi connectivity index (χ4v) is 10.7. The molecule has 7 atom stereocenters. The van der Waals surface area contributed by atoms with E-state index in [-0.39, 0.29) is 87.0 Å². The zero-order chi connectivity index (χ0) is 69.9. The van der Waals surface area contributed by atoms with Gasteiger partial charge in [-0.2, -0.15) is 13.2 Å². The van der Waals surface area contributed by atoms with E-state index in [1.807, 2.05) is 41.5 Å². The first kappa shape index (κ1) is 80.1. The van der Waals surface area contributed by atoms with E-state index in [0.717, 1.165) is 30.6 Å². The molecular weight excluding hydrogens is 1200 g/mol. The number of amides is 11. The maximum Gasteiger partial charge on any atom is 0.419 e. The molecule has 1 heterocycles. The van der Waals surface area contributed by atoms with Crippen molar-refractivity contribution in [3.8, 4) is 0 Å². The summed E-state index contributed by atoms with van der Waals surface area (Å²) in [5.41, 5.74) is -3.34. The van der Waals surface area contributed by atoms with Crippen LogP contribution in [0.1, 0.15) is 151 Å². The van der Waals surface area contributed by atoms with Crippen molar-refractivity contribution in [3.63, 3.8) is 0 Å². The van der Waals surface area contributed by atoms with Crippen LogP contribution >= 0.6 is 0 Å². The van der Waals surface area contributed by atoms with Crippen molar-refractivity contribution in [2.24, 2.45) is 23.7 Å². The highest BCUT2D eigenvalue weighted by atomic mass is 19.4. The Balaban J connectivity index is 2.88. The zero-order valence-corrected chi connectivity index (χ0v) is 56.4. The normalized spacial score (nSPS) is 23.5. The Morgan fingerprint density at radius 3 is 1.55 bits per heavy atom. The van der Waals surface area contributed by atoms with Crippen LogP contribution in [0.5, 0.6) is 0 Å². The standard InChI is InChI=1S/C63H101F6N11O11/c1-36(2)27-45-58(88)76(14)34-53(83)74(12)35-54(84)77(15)46(21-19-20-22-50(65)66)60(90)75(13)33-51(81)71-44(26-24-41-23-25-42(43(64)32-41)63(67,68)69)59(89)79(17)49(30-39(7)8)57(87)73-62(10,11)61(91)80(18)48(29-38(5)6)55(85)70-40(9)31-52(82)78(16)47(28-37(3)4)56(86)72-45/h23,25,32,36-40,44-50H,19-22,24,26-31,33-35H2,1-18H3,(H,70,85)(H,71,81)(H,72,86)(H,73,87)/t40-,44+,45+,46+,47+,48+,49+/m1/s1. The van der Waals surface area contributed by atoms with E-state index in [1.165, 1.54) is 73.0 Å². The Labute approximate surface area is 533 Å². The Bertz CT molecular complexity index is 2700. The minimum absolute atomic E-state index is 0.00535. The van der Waals surface area contributed by atoms with Gasteiger partial charge in [-0.05, 0) is 114 Å². The second kappa shape index (κ2) is 35.7. The highest BCUT2D eigenvalue weighted by Crippen LogP contribution is 2.32. The number of likely N-dealkylation sites (N-methyl/N-ethyl adjacent to an activating group) is 7. The number of hydrogen-bond donors (Lipinski definition) is 4. The first-order valence-electron chi connectivity index (χ1n) is 31.1. The molecule has 0 spiro atoms. The van der Waals surface area contributed by atoms with E-state index in [9.17, 15) is 79.1 Å². The number of nitrogens with zero attached hydrogens (tertiary/aromatic N) is 7. The molecule has 0 saturated carbocycles. The summed E-state index contributed by atoms with van der Waals surface area (Å²) in [6.45, 7) is 16.7. The van der Waals surface area contributed by atoms with Crippen LogP contribution in [0, 0.1) is 29.5 Å². The molecule has 0 radical (unpaired) electrons. The number of rotatable bonds is 16. The van der Waals surface area contributed by atoms with Gasteiger partial charge in [0, 0.05) is 68.2 Å². The van der Waals surface area contributed by atoms with Gasteiger partial charge in [-0.3, -0.25) is 52.7 Å². The average molecular weight is 1300 g/mol. The molecule has 0 bridgehead atoms. The number of aryl methyl sites for hydroxylation is 1. The molecule has 1 aliphatic heterocycles. The van der Waals surface area contributed by atoms with Crippen molar-refractivity contribution in [1.82, 2.24) is 55.6 Å². The predicted octanol–water partition coefficient (Wildman–Crippen LogP) is 5.24. The predicted molar refractivity (Wildman–Crippen MR) is 329 cm³/mol. The number of alkyl halides is 5. The third kappa shape index (κ3) is 25.2. The smallest absolute Gasteiger partial charge is 0.351 e. The first-order valence-corrected chi connectivity index (χ1v) is 31.1. The number of benzene rings is 1. The van der Waals surface area contributed by atoms with E-state index >= 15 is 0 Å². The van der Waals surface area contributed by atoms with Crippen LogP contribution in [-0.4, -0.2) is 223 Å². The Morgan fingerprint density at radius 2 is 1.03 bits per heavy atom. The molecule has 0 aliphatic carbocycles. The summed E-state index contributed by atoms with van der Waals surface area (Å²) in [6.07, 6.45) is -9.19. The van der Waals surface area contributed by atoms with Crippen molar-refractivity contribution in [2.45, 2.75) is 207 Å². The van der Waals surface area contributed by atoms with Gasteiger partial charge in [0.05, 0.1) is 25.2 Å². The van der Waals surface area contributed by atoms with Crippen LogP contribution < -0.4 is 21.3 Å². The molecule has 22 nitrogen and oxygen atoms in total. The van der Waals surface area contributed by atoms with Crippen LogP contribution in [0.25, 0.3) is 0 Å². The van der Waals surface area contributed by atoms with E-state index in [1.54, 1.807) is 20.8 Å². The van der Waals surface area contributed by atoms with Gasteiger partial charge in [0.25, 0.3) is 0 Å². The van der Waals surface area contributed by atoms with Gasteiger partial charge >= 0.3 is 6.18 Å². The summed E-state index contributed by atoms with van der Waals surface area (Å²) < 4.78 is 82.2. The molecule has 2 rings (SSSR count). The van der Waals surface area contributed by atoms with Gasteiger partial charge in [-0.1, -0.05) is 67.9 Å². The number of nitrogens with one attached hydrogen (secondary N) is 4.